The SMILES string of the molecule is CN(C(=O)OC(C)(C)C)c1ncc(-c2nc(N3CCOCC3)c3nc(Cl)n(CC4CC4)c3n2)cn1.CNc1ncc(-c2nc(N3CCOCC3)c3nc(Cl)n(CC4CC4)c3n2)cn1. The Morgan fingerprint density at radius 1 is 0.714 bits per heavy atom. The smallest absolute Gasteiger partial charge is 0.416 e. The van der Waals surface area contributed by atoms with E-state index in [0.29, 0.717) is 96.2 Å². The van der Waals surface area contributed by atoms with Crippen LogP contribution >= 0.6 is 23.2 Å². The monoisotopic (exact) mass is 900 g/mol. The molecule has 2 saturated carbocycles. The number of hydrogen-bond donors (Lipinski definition) is 1. The highest BCUT2D eigenvalue weighted by Crippen LogP contribution is 2.37. The molecule has 0 bridgehead atoms. The lowest BCUT2D eigenvalue weighted by Crippen LogP contribution is -2.37. The van der Waals surface area contributed by atoms with Gasteiger partial charge in [0.1, 0.15) is 5.60 Å². The number of ether oxygens (including phenoxy) is 3. The molecule has 1 N–H and O–H groups in total. The average Bonchev–Trinajstić information content (AvgIpc) is 4.24. The summed E-state index contributed by atoms with van der Waals surface area (Å²) in [6.07, 6.45) is 11.0. The number of fused-ring (bicyclic) bond motifs is 2. The highest BCUT2D eigenvalue weighted by atomic mass is 35.5. The van der Waals surface area contributed by atoms with E-state index in [1.807, 2.05) is 29.9 Å². The van der Waals surface area contributed by atoms with Crippen LogP contribution in [0.3, 0.4) is 0 Å². The lowest BCUT2D eigenvalue weighted by atomic mass is 10.2. The minimum Gasteiger partial charge on any atom is -0.443 e. The minimum absolute atomic E-state index is 0.222. The van der Waals surface area contributed by atoms with Crippen LogP contribution in [-0.4, -0.2) is 137 Å². The number of nitrogens with zero attached hydrogens (tertiary/aromatic N) is 15. The molecule has 0 unspecified atom stereocenters. The van der Waals surface area contributed by atoms with Crippen LogP contribution in [-0.2, 0) is 27.3 Å². The van der Waals surface area contributed by atoms with Gasteiger partial charge in [0, 0.05) is 78.2 Å². The zero-order valence-electron chi connectivity index (χ0n) is 36.0. The predicted octanol–water partition coefficient (Wildman–Crippen LogP) is 5.78. The largest absolute Gasteiger partial charge is 0.443 e. The molecule has 20 nitrogen and oxygen atoms in total. The minimum atomic E-state index is -0.616. The van der Waals surface area contributed by atoms with Gasteiger partial charge in [0.05, 0.1) is 37.6 Å². The van der Waals surface area contributed by atoms with Crippen molar-refractivity contribution in [1.29, 1.82) is 0 Å². The van der Waals surface area contributed by atoms with Crippen molar-refractivity contribution >= 4 is 75.2 Å². The number of morpholine rings is 2. The standard InChI is InChI=1S/C23H29ClN8O3.C18H21ClN8O/c1-23(2,3)35-22(33)30(4)21-25-11-15(12-26-21)17-28-18(31-7-9-34-10-8-31)16-19(29-17)32(20(24)27-16)13-14-5-6-14;1-20-18-21-8-12(9-22-18)14-24-15(26-4-6-28-7-5-26)13-16(25-14)27(17(19)23-13)10-11-2-3-11/h11-12,14H,5-10,13H2,1-4H3;8-9,11H,2-7,10H2,1H3,(H,20,21,22). The van der Waals surface area contributed by atoms with Crippen molar-refractivity contribution in [3.8, 4) is 22.8 Å². The molecule has 63 heavy (non-hydrogen) atoms. The average molecular weight is 902 g/mol. The predicted molar refractivity (Wildman–Crippen MR) is 238 cm³/mol. The van der Waals surface area contributed by atoms with Gasteiger partial charge in [0.25, 0.3) is 0 Å². The summed E-state index contributed by atoms with van der Waals surface area (Å²) in [7, 11) is 3.35. The lowest BCUT2D eigenvalue weighted by molar-refractivity contribution is 0.0587. The second kappa shape index (κ2) is 17.9. The number of nitrogens with one attached hydrogen (secondary N) is 1. The molecule has 8 heterocycles. The van der Waals surface area contributed by atoms with E-state index in [4.69, 9.17) is 57.3 Å². The van der Waals surface area contributed by atoms with Gasteiger partial charge in [-0.25, -0.2) is 59.5 Å². The van der Waals surface area contributed by atoms with Crippen LogP contribution < -0.4 is 20.0 Å². The van der Waals surface area contributed by atoms with E-state index in [-0.39, 0.29) is 5.95 Å². The first-order valence-electron chi connectivity index (χ1n) is 21.2. The first-order chi connectivity index (χ1) is 30.4. The van der Waals surface area contributed by atoms with Crippen LogP contribution in [0.1, 0.15) is 46.5 Å². The molecule has 0 aromatic carbocycles. The molecule has 2 saturated heterocycles. The van der Waals surface area contributed by atoms with Gasteiger partial charge in [-0.2, -0.15) is 0 Å². The van der Waals surface area contributed by atoms with E-state index in [2.05, 4.69) is 45.0 Å². The number of carbonyl (C=O) groups excluding carboxylic acids is 1. The molecule has 0 spiro atoms. The third-order valence-corrected chi connectivity index (χ3v) is 11.5. The van der Waals surface area contributed by atoms with Crippen LogP contribution in [0.15, 0.2) is 24.8 Å². The lowest BCUT2D eigenvalue weighted by Gasteiger charge is -2.28. The summed E-state index contributed by atoms with van der Waals surface area (Å²) in [6.45, 7) is 12.5. The maximum Gasteiger partial charge on any atom is 0.416 e. The first kappa shape index (κ1) is 42.7. The van der Waals surface area contributed by atoms with Crippen LogP contribution in [0.5, 0.6) is 0 Å². The zero-order valence-corrected chi connectivity index (χ0v) is 37.5. The maximum absolute atomic E-state index is 12.4. The van der Waals surface area contributed by atoms with Gasteiger partial charge in [-0.15, -0.1) is 0 Å². The summed E-state index contributed by atoms with van der Waals surface area (Å²) in [5, 5.41) is 3.80. The molecule has 22 heteroatoms. The molecule has 0 radical (unpaired) electrons. The third-order valence-electron chi connectivity index (χ3n) is 11.0. The maximum atomic E-state index is 12.4. The summed E-state index contributed by atoms with van der Waals surface area (Å²) < 4.78 is 20.4. The summed E-state index contributed by atoms with van der Waals surface area (Å²) >= 11 is 13.0. The van der Waals surface area contributed by atoms with E-state index in [0.717, 1.165) is 54.5 Å². The highest BCUT2D eigenvalue weighted by Gasteiger charge is 2.30. The Morgan fingerprint density at radius 3 is 1.54 bits per heavy atom. The number of hydrogen-bond acceptors (Lipinski definition) is 17. The first-order valence-corrected chi connectivity index (χ1v) is 22.0. The van der Waals surface area contributed by atoms with Gasteiger partial charge in [-0.1, -0.05) is 0 Å². The van der Waals surface area contributed by atoms with Crippen molar-refractivity contribution in [2.24, 2.45) is 11.8 Å². The van der Waals surface area contributed by atoms with E-state index in [1.54, 1.807) is 38.9 Å². The normalized spacial score (nSPS) is 16.9. The number of anilines is 4. The van der Waals surface area contributed by atoms with Crippen LogP contribution in [0.4, 0.5) is 28.3 Å². The van der Waals surface area contributed by atoms with Gasteiger partial charge in [0.2, 0.25) is 22.5 Å². The summed E-state index contributed by atoms with van der Waals surface area (Å²) in [5.74, 6) is 4.58. The zero-order chi connectivity index (χ0) is 43.8. The summed E-state index contributed by atoms with van der Waals surface area (Å²) in [5.41, 5.74) is 3.65. The van der Waals surface area contributed by atoms with Crippen molar-refractivity contribution < 1.29 is 19.0 Å². The quantitative estimate of drug-likeness (QED) is 0.162. The fraction of sp³-hybridized carbons (Fsp3) is 0.537. The molecule has 2 aliphatic heterocycles. The Hall–Kier alpha value is -5.57. The van der Waals surface area contributed by atoms with Gasteiger partial charge in [-0.05, 0) is 81.5 Å². The molecule has 0 atom stereocenters. The van der Waals surface area contributed by atoms with Crippen molar-refractivity contribution in [1.82, 2.24) is 59.0 Å². The summed E-state index contributed by atoms with van der Waals surface area (Å²) in [6, 6.07) is 0. The fourth-order valence-electron chi connectivity index (χ4n) is 7.20. The number of carbonyl (C=O) groups is 1. The van der Waals surface area contributed by atoms with Crippen LogP contribution in [0.2, 0.25) is 10.6 Å². The molecule has 4 fully saturated rings. The van der Waals surface area contributed by atoms with Gasteiger partial charge in [-0.3, -0.25) is 9.13 Å². The highest BCUT2D eigenvalue weighted by molar-refractivity contribution is 6.29. The molecule has 332 valence electrons. The Kier molecular flexibility index (Phi) is 12.1. The van der Waals surface area contributed by atoms with Gasteiger partial charge in [0.15, 0.2) is 45.6 Å². The van der Waals surface area contributed by atoms with E-state index < -0.39 is 11.7 Å². The topological polar surface area (TPSA) is 205 Å². The Labute approximate surface area is 373 Å². The Morgan fingerprint density at radius 2 is 1.14 bits per heavy atom. The number of rotatable bonds is 10. The van der Waals surface area contributed by atoms with Gasteiger partial charge < -0.3 is 29.3 Å². The van der Waals surface area contributed by atoms with Crippen molar-refractivity contribution in [3.63, 3.8) is 0 Å². The third kappa shape index (κ3) is 9.68. The van der Waals surface area contributed by atoms with E-state index >= 15 is 0 Å². The second-order valence-electron chi connectivity index (χ2n) is 17.0. The summed E-state index contributed by atoms with van der Waals surface area (Å²) in [4.78, 5) is 63.8. The van der Waals surface area contributed by atoms with Crippen molar-refractivity contribution in [2.75, 3.05) is 86.7 Å². The molecule has 1 amide bonds. The second-order valence-corrected chi connectivity index (χ2v) is 17.7. The van der Waals surface area contributed by atoms with E-state index in [1.165, 1.54) is 30.6 Å². The molecular formula is C41H50Cl2N16O4. The van der Waals surface area contributed by atoms with Crippen molar-refractivity contribution in [3.05, 3.63) is 35.4 Å². The van der Waals surface area contributed by atoms with Crippen LogP contribution in [0, 0.1) is 11.8 Å². The van der Waals surface area contributed by atoms with E-state index in [9.17, 15) is 4.79 Å². The molecule has 4 aliphatic rings. The Bertz CT molecular complexity index is 2580. The van der Waals surface area contributed by atoms with Crippen LogP contribution in [0.25, 0.3) is 45.1 Å². The molecule has 10 rings (SSSR count). The number of aromatic nitrogens is 12. The van der Waals surface area contributed by atoms with Crippen molar-refractivity contribution in [2.45, 2.75) is 65.1 Å². The number of amides is 1. The number of halogens is 2. The number of imidazole rings is 2. The van der Waals surface area contributed by atoms with Gasteiger partial charge >= 0.3 is 6.09 Å². The molecular weight excluding hydrogens is 851 g/mol. The molecule has 2 aliphatic carbocycles. The Balaban J connectivity index is 0.000000164. The molecule has 6 aromatic rings. The molecule has 6 aromatic heterocycles. The fourth-order valence-corrected chi connectivity index (χ4v) is 7.67.